The highest BCUT2D eigenvalue weighted by Gasteiger charge is 2.02. The highest BCUT2D eigenvalue weighted by atomic mass is 32.2. The number of aryl methyl sites for hydroxylation is 4. The van der Waals surface area contributed by atoms with E-state index >= 15 is 0 Å². The van der Waals surface area contributed by atoms with Crippen molar-refractivity contribution in [2.45, 2.75) is 37.5 Å². The zero-order valence-electron chi connectivity index (χ0n) is 36.8. The van der Waals surface area contributed by atoms with Crippen molar-refractivity contribution in [3.8, 4) is 0 Å². The summed E-state index contributed by atoms with van der Waals surface area (Å²) < 4.78 is 0. The van der Waals surface area contributed by atoms with Crippen LogP contribution in [0.3, 0.4) is 0 Å². The fraction of sp³-hybridized carbons (Fsp3) is 0.100. The maximum absolute atomic E-state index is 2.21. The molecule has 0 aliphatic carbocycles. The van der Waals surface area contributed by atoms with E-state index in [2.05, 4.69) is 271 Å². The molecule has 0 unspecified atom stereocenters. The van der Waals surface area contributed by atoms with E-state index in [1.54, 1.807) is 23.5 Å². The lowest BCUT2D eigenvalue weighted by Gasteiger charge is -2.05. The Bertz CT molecular complexity index is 2450. The quantitative estimate of drug-likeness (QED) is 0.0703. The second kappa shape index (κ2) is 23.6. The SMILES string of the molecule is CSc1ccc(/C=C/C(=C/C=C/C(=C/C=C/C=C(/C=C/C=C(/C=C/c2ccc(SC)cc2)c2ccc(C)cc2)c2ccc(C)cc2)c2ccc(C)cc2)c2ccc(C)cc2)cc1. The molecule has 62 heavy (non-hydrogen) atoms. The first-order valence-corrected chi connectivity index (χ1v) is 23.5. The minimum atomic E-state index is 1.12. The highest BCUT2D eigenvalue weighted by Crippen LogP contribution is 2.25. The van der Waals surface area contributed by atoms with Gasteiger partial charge in [-0.25, -0.2) is 0 Å². The van der Waals surface area contributed by atoms with E-state index in [0.29, 0.717) is 0 Å². The van der Waals surface area contributed by atoms with Crippen molar-refractivity contribution in [1.29, 1.82) is 0 Å². The lowest BCUT2D eigenvalue weighted by atomic mass is 10.00. The molecule has 0 saturated heterocycles. The van der Waals surface area contributed by atoms with Crippen LogP contribution >= 0.6 is 23.5 Å². The molecule has 6 rings (SSSR count). The van der Waals surface area contributed by atoms with E-state index in [1.807, 2.05) is 0 Å². The molecule has 0 heterocycles. The Kier molecular flexibility index (Phi) is 17.2. The molecule has 2 heteroatoms. The third kappa shape index (κ3) is 14.1. The maximum Gasteiger partial charge on any atom is 0.00695 e. The maximum atomic E-state index is 2.21. The van der Waals surface area contributed by atoms with Crippen LogP contribution in [0.15, 0.2) is 228 Å². The summed E-state index contributed by atoms with van der Waals surface area (Å²) in [6, 6.07) is 52.4. The summed E-state index contributed by atoms with van der Waals surface area (Å²) in [5, 5.41) is 0. The van der Waals surface area contributed by atoms with Crippen molar-refractivity contribution in [3.05, 3.63) is 274 Å². The van der Waals surface area contributed by atoms with Crippen LogP contribution in [0.5, 0.6) is 0 Å². The highest BCUT2D eigenvalue weighted by molar-refractivity contribution is 7.98. The number of thioether (sulfide) groups is 2. The van der Waals surface area contributed by atoms with Crippen LogP contribution in [0.1, 0.15) is 55.6 Å². The predicted molar refractivity (Wildman–Crippen MR) is 279 cm³/mol. The van der Waals surface area contributed by atoms with Crippen LogP contribution in [-0.2, 0) is 0 Å². The standard InChI is InChI=1S/C60H56S2/c1-45-17-31-55(32-18-45)51(13-9-15-53(57-35-21-47(3)22-36-57)39-25-49-27-41-59(61-5)42-28-49)11-7-8-12-52(56-33-19-46(2)20-34-56)14-10-16-54(58-37-23-48(4)24-38-58)40-26-50-29-43-60(62-6)44-30-50/h7-44H,1-6H3/b8-7+,13-9+,14-10+,39-25+,40-26+,51-11-,52-12-,53-15-,54-16-. The average Bonchev–Trinajstić information content (AvgIpc) is 3.30. The van der Waals surface area contributed by atoms with E-state index in [0.717, 1.165) is 33.4 Å². The number of hydrogen-bond donors (Lipinski definition) is 0. The van der Waals surface area contributed by atoms with Crippen LogP contribution in [-0.4, -0.2) is 12.5 Å². The van der Waals surface area contributed by atoms with Crippen molar-refractivity contribution in [2.75, 3.05) is 12.5 Å². The first-order chi connectivity index (χ1) is 30.3. The monoisotopic (exact) mass is 840 g/mol. The molecule has 0 aliphatic heterocycles. The fourth-order valence-corrected chi connectivity index (χ4v) is 7.42. The van der Waals surface area contributed by atoms with E-state index in [-0.39, 0.29) is 0 Å². The molecule has 0 nitrogen and oxygen atoms in total. The molecule has 0 N–H and O–H groups in total. The summed E-state index contributed by atoms with van der Waals surface area (Å²) >= 11 is 3.52. The zero-order chi connectivity index (χ0) is 43.5. The molecule has 0 amide bonds. The summed E-state index contributed by atoms with van der Waals surface area (Å²) in [6.45, 7) is 8.52. The molecule has 6 aromatic rings. The summed E-state index contributed by atoms with van der Waals surface area (Å²) in [7, 11) is 0. The van der Waals surface area contributed by atoms with Crippen LogP contribution in [0.25, 0.3) is 34.4 Å². The van der Waals surface area contributed by atoms with Crippen molar-refractivity contribution in [1.82, 2.24) is 0 Å². The van der Waals surface area contributed by atoms with Gasteiger partial charge in [0, 0.05) is 9.79 Å². The summed E-state index contributed by atoms with van der Waals surface area (Å²) in [5.74, 6) is 0. The van der Waals surface area contributed by atoms with Crippen molar-refractivity contribution >= 4 is 58.0 Å². The van der Waals surface area contributed by atoms with Crippen molar-refractivity contribution in [2.24, 2.45) is 0 Å². The smallest absolute Gasteiger partial charge is 0.00695 e. The van der Waals surface area contributed by atoms with Gasteiger partial charge in [-0.2, -0.15) is 0 Å². The average molecular weight is 841 g/mol. The number of benzene rings is 6. The Morgan fingerprint density at radius 2 is 0.565 bits per heavy atom. The summed E-state index contributed by atoms with van der Waals surface area (Å²) in [6.07, 6.45) is 34.9. The molecular weight excluding hydrogens is 785 g/mol. The second-order valence-electron chi connectivity index (χ2n) is 15.3. The Balaban J connectivity index is 1.32. The molecule has 0 bridgehead atoms. The molecular formula is C60H56S2. The van der Waals surface area contributed by atoms with E-state index in [4.69, 9.17) is 0 Å². The van der Waals surface area contributed by atoms with Gasteiger partial charge in [-0.15, -0.1) is 23.5 Å². The second-order valence-corrected chi connectivity index (χ2v) is 17.0. The Labute approximate surface area is 380 Å². The number of hydrogen-bond acceptors (Lipinski definition) is 2. The third-order valence-electron chi connectivity index (χ3n) is 10.4. The summed E-state index contributed by atoms with van der Waals surface area (Å²) in [4.78, 5) is 2.53. The zero-order valence-corrected chi connectivity index (χ0v) is 38.4. The number of allylic oxidation sites excluding steroid dienone is 16. The molecule has 0 atom stereocenters. The van der Waals surface area contributed by atoms with E-state index in [9.17, 15) is 0 Å². The van der Waals surface area contributed by atoms with Gasteiger partial charge in [0.2, 0.25) is 0 Å². The third-order valence-corrected chi connectivity index (χ3v) is 11.9. The van der Waals surface area contributed by atoms with Crippen molar-refractivity contribution in [3.63, 3.8) is 0 Å². The molecule has 308 valence electrons. The first-order valence-electron chi connectivity index (χ1n) is 21.0. The predicted octanol–water partition coefficient (Wildman–Crippen LogP) is 17.1. The van der Waals surface area contributed by atoms with E-state index in [1.165, 1.54) is 54.3 Å². The van der Waals surface area contributed by atoms with Crippen LogP contribution < -0.4 is 0 Å². The topological polar surface area (TPSA) is 0 Å². The molecule has 6 aromatic carbocycles. The molecule has 0 aromatic heterocycles. The molecule has 0 radical (unpaired) electrons. The minimum absolute atomic E-state index is 1.12. The van der Waals surface area contributed by atoms with Gasteiger partial charge in [0.15, 0.2) is 0 Å². The molecule has 0 fully saturated rings. The largest absolute Gasteiger partial charge is 0.130 e. The van der Waals surface area contributed by atoms with Gasteiger partial charge in [-0.3, -0.25) is 0 Å². The van der Waals surface area contributed by atoms with Gasteiger partial charge in [-0.05, 0) is 120 Å². The Morgan fingerprint density at radius 3 is 0.839 bits per heavy atom. The van der Waals surface area contributed by atoms with Gasteiger partial charge >= 0.3 is 0 Å². The Morgan fingerprint density at radius 1 is 0.306 bits per heavy atom. The molecule has 0 saturated carbocycles. The van der Waals surface area contributed by atoms with Crippen molar-refractivity contribution < 1.29 is 0 Å². The van der Waals surface area contributed by atoms with Gasteiger partial charge in [0.1, 0.15) is 0 Å². The normalized spacial score (nSPS) is 13.2. The molecule has 0 aliphatic rings. The fourth-order valence-electron chi connectivity index (χ4n) is 6.61. The van der Waals surface area contributed by atoms with Gasteiger partial charge < -0.3 is 0 Å². The summed E-state index contributed by atoms with van der Waals surface area (Å²) in [5.41, 5.74) is 16.5. The minimum Gasteiger partial charge on any atom is -0.130 e. The first kappa shape index (κ1) is 45.2. The molecule has 0 spiro atoms. The lowest BCUT2D eigenvalue weighted by Crippen LogP contribution is -1.84. The van der Waals surface area contributed by atoms with Gasteiger partial charge in [-0.1, -0.05) is 229 Å². The van der Waals surface area contributed by atoms with Gasteiger partial charge in [0.25, 0.3) is 0 Å². The number of rotatable bonds is 16. The lowest BCUT2D eigenvalue weighted by molar-refractivity contribution is 1.45. The Hall–Kier alpha value is -6.32. The van der Waals surface area contributed by atoms with Crippen LogP contribution in [0.2, 0.25) is 0 Å². The van der Waals surface area contributed by atoms with Gasteiger partial charge in [0.05, 0.1) is 0 Å². The van der Waals surface area contributed by atoms with E-state index < -0.39 is 0 Å². The van der Waals surface area contributed by atoms with Crippen LogP contribution in [0.4, 0.5) is 0 Å². The van der Waals surface area contributed by atoms with Crippen LogP contribution in [0, 0.1) is 27.7 Å².